The summed E-state index contributed by atoms with van der Waals surface area (Å²) in [5.41, 5.74) is 2.83. The molecule has 2 aliphatic rings. The first kappa shape index (κ1) is 16.9. The molecule has 1 aliphatic heterocycles. The second kappa shape index (κ2) is 7.73. The molecule has 0 unspecified atom stereocenters. The number of likely N-dealkylation sites (tertiary alicyclic amines) is 1. The smallest absolute Gasteiger partial charge is 0.263 e. The van der Waals surface area contributed by atoms with Gasteiger partial charge in [-0.15, -0.1) is 11.3 Å². The summed E-state index contributed by atoms with van der Waals surface area (Å²) in [5, 5.41) is 3.21. The fourth-order valence-corrected chi connectivity index (χ4v) is 3.82. The Morgan fingerprint density at radius 1 is 1.39 bits per heavy atom. The maximum absolute atomic E-state index is 12.5. The maximum Gasteiger partial charge on any atom is 0.263 e. The Balaban J connectivity index is 1.41. The number of nitrogens with one attached hydrogen (secondary N) is 1. The highest BCUT2D eigenvalue weighted by atomic mass is 32.1. The third-order valence-electron chi connectivity index (χ3n) is 4.55. The van der Waals surface area contributed by atoms with Gasteiger partial charge in [-0.25, -0.2) is 4.98 Å². The van der Waals surface area contributed by atoms with Crippen LogP contribution in [0.25, 0.3) is 0 Å². The summed E-state index contributed by atoms with van der Waals surface area (Å²) in [6, 6.07) is 0.291. The number of carbonyl (C=O) groups excluding carboxylic acids is 1. The highest BCUT2D eigenvalue weighted by molar-refractivity contribution is 7.11. The van der Waals surface area contributed by atoms with Gasteiger partial charge in [-0.05, 0) is 39.5 Å². The summed E-state index contributed by atoms with van der Waals surface area (Å²) in [6.07, 6.45) is 4.70. The molecule has 2 heterocycles. The van der Waals surface area contributed by atoms with Crippen LogP contribution in [0.4, 0.5) is 0 Å². The van der Waals surface area contributed by atoms with Crippen LogP contribution >= 0.6 is 11.3 Å². The monoisotopic (exact) mass is 337 g/mol. The third-order valence-corrected chi connectivity index (χ3v) is 5.39. The molecule has 2 fully saturated rings. The van der Waals surface area contributed by atoms with Crippen molar-refractivity contribution in [3.8, 4) is 0 Å². The van der Waals surface area contributed by atoms with Crippen LogP contribution in [0.5, 0.6) is 0 Å². The van der Waals surface area contributed by atoms with Crippen molar-refractivity contribution >= 4 is 17.2 Å². The van der Waals surface area contributed by atoms with E-state index in [0.29, 0.717) is 18.1 Å². The Hall–Kier alpha value is -0.980. The zero-order chi connectivity index (χ0) is 16.2. The number of thiazole rings is 1. The van der Waals surface area contributed by atoms with Gasteiger partial charge in [-0.3, -0.25) is 4.79 Å². The van der Waals surface area contributed by atoms with E-state index in [0.717, 1.165) is 49.7 Å². The van der Waals surface area contributed by atoms with E-state index in [1.807, 2.05) is 0 Å². The van der Waals surface area contributed by atoms with E-state index in [2.05, 4.69) is 29.0 Å². The number of aromatic nitrogens is 1. The molecule has 1 aliphatic carbocycles. The Morgan fingerprint density at radius 2 is 2.13 bits per heavy atom. The molecule has 1 aromatic heterocycles. The van der Waals surface area contributed by atoms with Crippen LogP contribution < -0.4 is 5.32 Å². The molecule has 3 rings (SSSR count). The Morgan fingerprint density at radius 3 is 2.78 bits per heavy atom. The van der Waals surface area contributed by atoms with Crippen LogP contribution in [-0.4, -0.2) is 54.2 Å². The van der Waals surface area contributed by atoms with Crippen molar-refractivity contribution in [3.63, 3.8) is 0 Å². The average molecular weight is 337 g/mol. The zero-order valence-corrected chi connectivity index (χ0v) is 14.9. The molecule has 0 spiro atoms. The predicted octanol–water partition coefficient (Wildman–Crippen LogP) is 2.64. The van der Waals surface area contributed by atoms with Gasteiger partial charge in [0.25, 0.3) is 5.91 Å². The minimum Gasteiger partial charge on any atom is -0.377 e. The molecule has 23 heavy (non-hydrogen) atoms. The number of carbonyl (C=O) groups is 1. The number of amides is 1. The van der Waals surface area contributed by atoms with Gasteiger partial charge in [-0.1, -0.05) is 0 Å². The fourth-order valence-electron chi connectivity index (χ4n) is 3.04. The Labute approximate surface area is 142 Å². The largest absolute Gasteiger partial charge is 0.377 e. The molecule has 1 saturated heterocycles. The molecule has 0 radical (unpaired) electrons. The molecule has 1 saturated carbocycles. The lowest BCUT2D eigenvalue weighted by Gasteiger charge is -2.32. The van der Waals surface area contributed by atoms with Gasteiger partial charge >= 0.3 is 0 Å². The molecular formula is C17H27N3O2S. The van der Waals surface area contributed by atoms with Gasteiger partial charge in [-0.2, -0.15) is 0 Å². The summed E-state index contributed by atoms with van der Waals surface area (Å²) in [6.45, 7) is 7.98. The molecule has 1 N–H and O–H groups in total. The highest BCUT2D eigenvalue weighted by Crippen LogP contribution is 2.41. The molecule has 5 nitrogen and oxygen atoms in total. The zero-order valence-electron chi connectivity index (χ0n) is 14.1. The van der Waals surface area contributed by atoms with Crippen molar-refractivity contribution in [1.29, 1.82) is 0 Å². The van der Waals surface area contributed by atoms with E-state index < -0.39 is 0 Å². The summed E-state index contributed by atoms with van der Waals surface area (Å²) in [5.74, 6) is 0.612. The molecule has 0 aromatic carbocycles. The minimum atomic E-state index is 0.0796. The van der Waals surface area contributed by atoms with E-state index in [9.17, 15) is 4.79 Å². The second-order valence-electron chi connectivity index (χ2n) is 6.85. The summed E-state index contributed by atoms with van der Waals surface area (Å²) in [7, 11) is 0. The number of rotatable bonds is 7. The summed E-state index contributed by atoms with van der Waals surface area (Å²) < 4.78 is 5.61. The SMILES string of the molecule is CC(C)OCCN1CCC(NC(=O)c2scnc2C2CC2)CC1. The van der Waals surface area contributed by atoms with Crippen molar-refractivity contribution in [3.05, 3.63) is 16.1 Å². The standard InChI is InChI=1S/C17H27N3O2S/c1-12(2)22-10-9-20-7-5-14(6-8-20)19-17(21)16-15(13-3-4-13)18-11-23-16/h11-14H,3-10H2,1-2H3,(H,19,21). The van der Waals surface area contributed by atoms with E-state index in [1.165, 1.54) is 24.2 Å². The normalized spacial score (nSPS) is 20.1. The molecule has 0 bridgehead atoms. The number of nitrogens with zero attached hydrogens (tertiary/aromatic N) is 2. The number of hydrogen-bond donors (Lipinski definition) is 1. The predicted molar refractivity (Wildman–Crippen MR) is 92.1 cm³/mol. The van der Waals surface area contributed by atoms with Crippen molar-refractivity contribution in [2.45, 2.75) is 57.6 Å². The third kappa shape index (κ3) is 4.75. The van der Waals surface area contributed by atoms with E-state index in [4.69, 9.17) is 4.74 Å². The molecule has 0 atom stereocenters. The number of hydrogen-bond acceptors (Lipinski definition) is 5. The Bertz CT molecular complexity index is 520. The van der Waals surface area contributed by atoms with E-state index in [-0.39, 0.29) is 5.91 Å². The average Bonchev–Trinajstić information content (AvgIpc) is 3.25. The Kier molecular flexibility index (Phi) is 5.67. The van der Waals surface area contributed by atoms with Crippen LogP contribution in [0.15, 0.2) is 5.51 Å². The van der Waals surface area contributed by atoms with Crippen LogP contribution in [-0.2, 0) is 4.74 Å². The number of piperidine rings is 1. The first-order valence-electron chi connectivity index (χ1n) is 8.71. The van der Waals surface area contributed by atoms with Crippen LogP contribution in [0, 0.1) is 0 Å². The first-order chi connectivity index (χ1) is 11.1. The van der Waals surface area contributed by atoms with Crippen molar-refractivity contribution in [2.24, 2.45) is 0 Å². The molecule has 1 aromatic rings. The van der Waals surface area contributed by atoms with Gasteiger partial charge in [0.1, 0.15) is 4.88 Å². The van der Waals surface area contributed by atoms with Gasteiger partial charge in [0.2, 0.25) is 0 Å². The topological polar surface area (TPSA) is 54.5 Å². The van der Waals surface area contributed by atoms with Gasteiger partial charge < -0.3 is 15.0 Å². The van der Waals surface area contributed by atoms with Gasteiger partial charge in [0.15, 0.2) is 0 Å². The lowest BCUT2D eigenvalue weighted by molar-refractivity contribution is 0.0521. The van der Waals surface area contributed by atoms with Crippen LogP contribution in [0.2, 0.25) is 0 Å². The molecule has 6 heteroatoms. The van der Waals surface area contributed by atoms with Gasteiger partial charge in [0.05, 0.1) is 23.9 Å². The quantitative estimate of drug-likeness (QED) is 0.831. The van der Waals surface area contributed by atoms with E-state index >= 15 is 0 Å². The molecule has 128 valence electrons. The van der Waals surface area contributed by atoms with Crippen molar-refractivity contribution in [2.75, 3.05) is 26.2 Å². The first-order valence-corrected chi connectivity index (χ1v) is 9.59. The lowest BCUT2D eigenvalue weighted by Crippen LogP contribution is -2.45. The maximum atomic E-state index is 12.5. The van der Waals surface area contributed by atoms with Gasteiger partial charge in [0, 0.05) is 31.6 Å². The van der Waals surface area contributed by atoms with Crippen molar-refractivity contribution in [1.82, 2.24) is 15.2 Å². The second-order valence-corrected chi connectivity index (χ2v) is 7.70. The highest BCUT2D eigenvalue weighted by Gasteiger charge is 2.31. The number of ether oxygens (including phenoxy) is 1. The summed E-state index contributed by atoms with van der Waals surface area (Å²) in [4.78, 5) is 20.1. The van der Waals surface area contributed by atoms with Crippen LogP contribution in [0.3, 0.4) is 0 Å². The lowest BCUT2D eigenvalue weighted by atomic mass is 10.0. The fraction of sp³-hybridized carbons (Fsp3) is 0.765. The minimum absolute atomic E-state index is 0.0796. The molecule has 1 amide bonds. The van der Waals surface area contributed by atoms with E-state index in [1.54, 1.807) is 5.51 Å². The van der Waals surface area contributed by atoms with Crippen LogP contribution in [0.1, 0.15) is 60.8 Å². The molecular weight excluding hydrogens is 310 g/mol. The summed E-state index contributed by atoms with van der Waals surface area (Å²) >= 11 is 1.48. The van der Waals surface area contributed by atoms with Crippen molar-refractivity contribution < 1.29 is 9.53 Å².